The SMILES string of the molecule is CNCC1CCN(C(=O)c2cccn2C(C)C)CC1. The van der Waals surface area contributed by atoms with E-state index in [2.05, 4.69) is 23.7 Å². The summed E-state index contributed by atoms with van der Waals surface area (Å²) in [5, 5.41) is 3.23. The molecule has 19 heavy (non-hydrogen) atoms. The first-order valence-electron chi connectivity index (χ1n) is 7.24. The van der Waals surface area contributed by atoms with Crippen molar-refractivity contribution >= 4 is 5.91 Å². The molecule has 1 saturated heterocycles. The summed E-state index contributed by atoms with van der Waals surface area (Å²) in [4.78, 5) is 14.5. The van der Waals surface area contributed by atoms with E-state index in [1.54, 1.807) is 0 Å². The maximum absolute atomic E-state index is 12.5. The van der Waals surface area contributed by atoms with Gasteiger partial charge in [0.2, 0.25) is 0 Å². The van der Waals surface area contributed by atoms with E-state index in [-0.39, 0.29) is 5.91 Å². The zero-order chi connectivity index (χ0) is 13.8. The maximum atomic E-state index is 12.5. The summed E-state index contributed by atoms with van der Waals surface area (Å²) >= 11 is 0. The minimum absolute atomic E-state index is 0.182. The molecule has 1 aromatic rings. The van der Waals surface area contributed by atoms with Crippen molar-refractivity contribution in [2.45, 2.75) is 32.7 Å². The Labute approximate surface area is 115 Å². The van der Waals surface area contributed by atoms with E-state index in [9.17, 15) is 4.79 Å². The van der Waals surface area contributed by atoms with Gasteiger partial charge in [0.25, 0.3) is 5.91 Å². The average Bonchev–Trinajstić information content (AvgIpc) is 2.88. The number of piperidine rings is 1. The van der Waals surface area contributed by atoms with Crippen LogP contribution in [0, 0.1) is 5.92 Å². The van der Waals surface area contributed by atoms with Gasteiger partial charge in [-0.3, -0.25) is 4.79 Å². The van der Waals surface area contributed by atoms with E-state index in [0.29, 0.717) is 12.0 Å². The van der Waals surface area contributed by atoms with Crippen LogP contribution in [0.5, 0.6) is 0 Å². The Morgan fingerprint density at radius 1 is 1.42 bits per heavy atom. The van der Waals surface area contributed by atoms with Gasteiger partial charge in [-0.05, 0) is 58.3 Å². The number of nitrogens with zero attached hydrogens (tertiary/aromatic N) is 2. The molecule has 1 aliphatic rings. The molecule has 106 valence electrons. The van der Waals surface area contributed by atoms with Crippen LogP contribution in [0.1, 0.15) is 43.2 Å². The van der Waals surface area contributed by atoms with Gasteiger partial charge in [0, 0.05) is 25.3 Å². The van der Waals surface area contributed by atoms with E-state index >= 15 is 0 Å². The molecular formula is C15H25N3O. The van der Waals surface area contributed by atoms with Crippen LogP contribution in [0.2, 0.25) is 0 Å². The lowest BCUT2D eigenvalue weighted by Crippen LogP contribution is -2.41. The Kier molecular flexibility index (Phi) is 4.64. The molecule has 0 atom stereocenters. The predicted molar refractivity (Wildman–Crippen MR) is 77.4 cm³/mol. The van der Waals surface area contributed by atoms with E-state index in [0.717, 1.165) is 38.2 Å². The molecule has 1 amide bonds. The van der Waals surface area contributed by atoms with Gasteiger partial charge in [-0.1, -0.05) is 0 Å². The topological polar surface area (TPSA) is 37.3 Å². The number of hydrogen-bond acceptors (Lipinski definition) is 2. The lowest BCUT2D eigenvalue weighted by atomic mass is 9.96. The minimum Gasteiger partial charge on any atom is -0.341 e. The van der Waals surface area contributed by atoms with E-state index in [1.165, 1.54) is 0 Å². The average molecular weight is 263 g/mol. The molecule has 0 radical (unpaired) electrons. The Bertz CT molecular complexity index is 417. The molecule has 0 aromatic carbocycles. The highest BCUT2D eigenvalue weighted by Crippen LogP contribution is 2.20. The van der Waals surface area contributed by atoms with E-state index in [1.807, 2.05) is 30.3 Å². The first-order valence-corrected chi connectivity index (χ1v) is 7.24. The molecule has 4 heteroatoms. The molecule has 1 N–H and O–H groups in total. The molecule has 1 aliphatic heterocycles. The van der Waals surface area contributed by atoms with Gasteiger partial charge in [0.15, 0.2) is 0 Å². The first-order chi connectivity index (χ1) is 9.13. The van der Waals surface area contributed by atoms with Gasteiger partial charge in [0.1, 0.15) is 5.69 Å². The quantitative estimate of drug-likeness (QED) is 0.903. The third kappa shape index (κ3) is 3.18. The van der Waals surface area contributed by atoms with Crippen molar-refractivity contribution in [2.75, 3.05) is 26.7 Å². The molecule has 0 aliphatic carbocycles. The number of nitrogens with one attached hydrogen (secondary N) is 1. The fraction of sp³-hybridized carbons (Fsp3) is 0.667. The van der Waals surface area contributed by atoms with Gasteiger partial charge >= 0.3 is 0 Å². The van der Waals surface area contributed by atoms with Crippen LogP contribution in [0.25, 0.3) is 0 Å². The number of likely N-dealkylation sites (tertiary alicyclic amines) is 1. The van der Waals surface area contributed by atoms with Crippen LogP contribution in [0.15, 0.2) is 18.3 Å². The molecule has 0 spiro atoms. The Balaban J connectivity index is 1.99. The van der Waals surface area contributed by atoms with Crippen molar-refractivity contribution in [3.05, 3.63) is 24.0 Å². The Hall–Kier alpha value is -1.29. The lowest BCUT2D eigenvalue weighted by molar-refractivity contribution is 0.0678. The molecule has 1 fully saturated rings. The van der Waals surface area contributed by atoms with Crippen molar-refractivity contribution in [1.29, 1.82) is 0 Å². The summed E-state index contributed by atoms with van der Waals surface area (Å²) in [6, 6.07) is 4.22. The van der Waals surface area contributed by atoms with Crippen LogP contribution >= 0.6 is 0 Å². The van der Waals surface area contributed by atoms with Crippen molar-refractivity contribution < 1.29 is 4.79 Å². The van der Waals surface area contributed by atoms with Crippen LogP contribution in [-0.4, -0.2) is 42.1 Å². The summed E-state index contributed by atoms with van der Waals surface area (Å²) < 4.78 is 2.06. The maximum Gasteiger partial charge on any atom is 0.270 e. The number of carbonyl (C=O) groups is 1. The smallest absolute Gasteiger partial charge is 0.270 e. The van der Waals surface area contributed by atoms with Crippen LogP contribution in [0.4, 0.5) is 0 Å². The number of rotatable bonds is 4. The summed E-state index contributed by atoms with van der Waals surface area (Å²) in [5.41, 5.74) is 0.821. The van der Waals surface area contributed by atoms with Crippen molar-refractivity contribution in [1.82, 2.24) is 14.8 Å². The number of carbonyl (C=O) groups excluding carboxylic acids is 1. The highest BCUT2D eigenvalue weighted by Gasteiger charge is 2.25. The zero-order valence-electron chi connectivity index (χ0n) is 12.2. The molecule has 4 nitrogen and oxygen atoms in total. The van der Waals surface area contributed by atoms with Crippen molar-refractivity contribution in [2.24, 2.45) is 5.92 Å². The highest BCUT2D eigenvalue weighted by atomic mass is 16.2. The van der Waals surface area contributed by atoms with E-state index < -0.39 is 0 Å². The molecule has 1 aromatic heterocycles. The third-order valence-electron chi connectivity index (χ3n) is 3.95. The van der Waals surface area contributed by atoms with Crippen LogP contribution < -0.4 is 5.32 Å². The number of amides is 1. The number of hydrogen-bond donors (Lipinski definition) is 1. The summed E-state index contributed by atoms with van der Waals surface area (Å²) in [5.74, 6) is 0.896. The van der Waals surface area contributed by atoms with Crippen molar-refractivity contribution in [3.63, 3.8) is 0 Å². The predicted octanol–water partition coefficient (Wildman–Crippen LogP) is 2.14. The second-order valence-corrected chi connectivity index (χ2v) is 5.69. The molecule has 2 rings (SSSR count). The highest BCUT2D eigenvalue weighted by molar-refractivity contribution is 5.92. The molecule has 0 unspecified atom stereocenters. The van der Waals surface area contributed by atoms with Crippen LogP contribution in [0.3, 0.4) is 0 Å². The fourth-order valence-electron chi connectivity index (χ4n) is 2.82. The Morgan fingerprint density at radius 2 is 2.11 bits per heavy atom. The fourth-order valence-corrected chi connectivity index (χ4v) is 2.82. The zero-order valence-corrected chi connectivity index (χ0v) is 12.2. The van der Waals surface area contributed by atoms with Gasteiger partial charge < -0.3 is 14.8 Å². The largest absolute Gasteiger partial charge is 0.341 e. The lowest BCUT2D eigenvalue weighted by Gasteiger charge is -2.32. The van der Waals surface area contributed by atoms with Gasteiger partial charge in [0.05, 0.1) is 0 Å². The summed E-state index contributed by atoms with van der Waals surface area (Å²) in [6.07, 6.45) is 4.20. The normalized spacial score (nSPS) is 17.2. The molecule has 2 heterocycles. The van der Waals surface area contributed by atoms with Gasteiger partial charge in [-0.2, -0.15) is 0 Å². The third-order valence-corrected chi connectivity index (χ3v) is 3.95. The summed E-state index contributed by atoms with van der Waals surface area (Å²) in [7, 11) is 1.99. The van der Waals surface area contributed by atoms with Crippen LogP contribution in [-0.2, 0) is 0 Å². The molecular weight excluding hydrogens is 238 g/mol. The standard InChI is InChI=1S/C15H25N3O/c1-12(2)18-8-4-5-14(18)15(19)17-9-6-13(7-10-17)11-16-3/h4-5,8,12-13,16H,6-7,9-11H2,1-3H3. The molecule has 0 saturated carbocycles. The Morgan fingerprint density at radius 3 is 2.68 bits per heavy atom. The second-order valence-electron chi connectivity index (χ2n) is 5.69. The first kappa shape index (κ1) is 14.1. The van der Waals surface area contributed by atoms with Gasteiger partial charge in [-0.15, -0.1) is 0 Å². The van der Waals surface area contributed by atoms with E-state index in [4.69, 9.17) is 0 Å². The second kappa shape index (κ2) is 6.24. The van der Waals surface area contributed by atoms with Crippen molar-refractivity contribution in [3.8, 4) is 0 Å². The minimum atomic E-state index is 0.182. The number of aromatic nitrogens is 1. The van der Waals surface area contributed by atoms with Gasteiger partial charge in [-0.25, -0.2) is 0 Å². The monoisotopic (exact) mass is 263 g/mol. The summed E-state index contributed by atoms with van der Waals surface area (Å²) in [6.45, 7) is 7.04. The molecule has 0 bridgehead atoms.